The highest BCUT2D eigenvalue weighted by Gasteiger charge is 2.34. The maximum absolute atomic E-state index is 12.2. The molecule has 0 unspecified atom stereocenters. The van der Waals surface area contributed by atoms with Crippen molar-refractivity contribution < 1.29 is 4.79 Å². The van der Waals surface area contributed by atoms with Crippen molar-refractivity contribution in [2.24, 2.45) is 0 Å². The summed E-state index contributed by atoms with van der Waals surface area (Å²) in [4.78, 5) is 12.2. The molecule has 0 aliphatic heterocycles. The maximum Gasteiger partial charge on any atom is 0.228 e. The number of carbonyl (C=O) groups is 1. The molecule has 0 heterocycles. The number of hydrogen-bond acceptors (Lipinski definition) is 2. The highest BCUT2D eigenvalue weighted by Crippen LogP contribution is 2.29. The lowest BCUT2D eigenvalue weighted by Gasteiger charge is -2.27. The van der Waals surface area contributed by atoms with Gasteiger partial charge in [0, 0.05) is 12.1 Å². The molecule has 0 saturated carbocycles. The highest BCUT2D eigenvalue weighted by molar-refractivity contribution is 7.80. The Morgan fingerprint density at radius 1 is 1.07 bits per heavy atom. The first-order valence-electron chi connectivity index (χ1n) is 9.72. The smallest absolute Gasteiger partial charge is 0.228 e. The fourth-order valence-electron chi connectivity index (χ4n) is 2.70. The zero-order valence-corrected chi connectivity index (χ0v) is 19.6. The Kier molecular flexibility index (Phi) is 12.2. The highest BCUT2D eigenvalue weighted by atomic mass is 35.6. The van der Waals surface area contributed by atoms with Gasteiger partial charge in [-0.3, -0.25) is 4.79 Å². The number of halogens is 3. The summed E-state index contributed by atoms with van der Waals surface area (Å²) in [6.45, 7) is 4.18. The second kappa shape index (κ2) is 13.5. The fourth-order valence-corrected chi connectivity index (χ4v) is 3.26. The van der Waals surface area contributed by atoms with Crippen molar-refractivity contribution in [2.45, 2.75) is 75.2 Å². The SMILES string of the molecule is CCCCCCCCCC(=O)N[C@H](NC(=S)Nc1cccc(C)c1)C(Cl)(Cl)Cl. The van der Waals surface area contributed by atoms with Gasteiger partial charge in [0.05, 0.1) is 0 Å². The third-order valence-electron chi connectivity index (χ3n) is 4.19. The van der Waals surface area contributed by atoms with Crippen LogP contribution in [0.3, 0.4) is 0 Å². The molecule has 0 fully saturated rings. The fraction of sp³-hybridized carbons (Fsp3) is 0.600. The third-order valence-corrected chi connectivity index (χ3v) is 5.07. The van der Waals surface area contributed by atoms with E-state index in [4.69, 9.17) is 47.0 Å². The first kappa shape index (κ1) is 25.3. The van der Waals surface area contributed by atoms with Gasteiger partial charge in [0.1, 0.15) is 6.17 Å². The van der Waals surface area contributed by atoms with Gasteiger partial charge >= 0.3 is 0 Å². The van der Waals surface area contributed by atoms with Crippen molar-refractivity contribution >= 4 is 63.7 Å². The van der Waals surface area contributed by atoms with Crippen LogP contribution in [0, 0.1) is 6.92 Å². The molecule has 0 bridgehead atoms. The van der Waals surface area contributed by atoms with E-state index < -0.39 is 9.96 Å². The van der Waals surface area contributed by atoms with Gasteiger partial charge < -0.3 is 16.0 Å². The molecule has 0 spiro atoms. The molecule has 1 aromatic carbocycles. The minimum absolute atomic E-state index is 0.171. The van der Waals surface area contributed by atoms with E-state index in [0.717, 1.165) is 30.5 Å². The van der Waals surface area contributed by atoms with Crippen LogP contribution in [-0.4, -0.2) is 21.0 Å². The van der Waals surface area contributed by atoms with E-state index in [0.29, 0.717) is 6.42 Å². The van der Waals surface area contributed by atoms with E-state index in [1.807, 2.05) is 31.2 Å². The zero-order valence-electron chi connectivity index (χ0n) is 16.5. The summed E-state index contributed by atoms with van der Waals surface area (Å²) in [7, 11) is 0. The average molecular weight is 467 g/mol. The van der Waals surface area contributed by atoms with Gasteiger partial charge in [0.25, 0.3) is 0 Å². The van der Waals surface area contributed by atoms with E-state index in [-0.39, 0.29) is 11.0 Å². The van der Waals surface area contributed by atoms with Crippen LogP contribution in [0.2, 0.25) is 0 Å². The van der Waals surface area contributed by atoms with Crippen LogP contribution < -0.4 is 16.0 Å². The number of alkyl halides is 3. The quantitative estimate of drug-likeness (QED) is 0.156. The number of anilines is 1. The molecule has 3 N–H and O–H groups in total. The number of rotatable bonds is 11. The molecule has 1 aromatic rings. The third kappa shape index (κ3) is 11.3. The lowest BCUT2D eigenvalue weighted by Crippen LogP contribution is -2.56. The topological polar surface area (TPSA) is 53.2 Å². The molecule has 0 radical (unpaired) electrons. The maximum atomic E-state index is 12.2. The Labute approximate surface area is 189 Å². The number of unbranched alkanes of at least 4 members (excludes halogenated alkanes) is 6. The molecular weight excluding hydrogens is 437 g/mol. The summed E-state index contributed by atoms with van der Waals surface area (Å²) in [6, 6.07) is 7.72. The van der Waals surface area contributed by atoms with Gasteiger partial charge in [-0.05, 0) is 43.3 Å². The van der Waals surface area contributed by atoms with Crippen molar-refractivity contribution in [2.75, 3.05) is 5.32 Å². The van der Waals surface area contributed by atoms with Crippen LogP contribution in [0.1, 0.15) is 63.9 Å². The molecule has 0 aliphatic rings. The van der Waals surface area contributed by atoms with E-state index in [1.54, 1.807) is 0 Å². The number of nitrogens with one attached hydrogen (secondary N) is 3. The van der Waals surface area contributed by atoms with Gasteiger partial charge in [-0.1, -0.05) is 92.4 Å². The molecule has 0 aromatic heterocycles. The van der Waals surface area contributed by atoms with E-state index in [2.05, 4.69) is 22.9 Å². The predicted octanol–water partition coefficient (Wildman–Crippen LogP) is 6.23. The van der Waals surface area contributed by atoms with E-state index in [9.17, 15) is 4.79 Å². The predicted molar refractivity (Wildman–Crippen MR) is 125 cm³/mol. The first-order chi connectivity index (χ1) is 13.2. The minimum atomic E-state index is -1.74. The Morgan fingerprint density at radius 2 is 1.71 bits per heavy atom. The molecule has 158 valence electrons. The first-order valence-corrected chi connectivity index (χ1v) is 11.3. The van der Waals surface area contributed by atoms with Crippen LogP contribution >= 0.6 is 47.0 Å². The van der Waals surface area contributed by atoms with Gasteiger partial charge in [0.15, 0.2) is 5.11 Å². The Bertz CT molecular complexity index is 623. The molecule has 1 atom stereocenters. The Hall–Kier alpha value is -0.750. The average Bonchev–Trinajstić information content (AvgIpc) is 2.59. The van der Waals surface area contributed by atoms with Crippen molar-refractivity contribution in [1.82, 2.24) is 10.6 Å². The van der Waals surface area contributed by atoms with Gasteiger partial charge in [-0.2, -0.15) is 0 Å². The molecule has 4 nitrogen and oxygen atoms in total. The van der Waals surface area contributed by atoms with Crippen molar-refractivity contribution in [3.05, 3.63) is 29.8 Å². The number of aryl methyl sites for hydroxylation is 1. The second-order valence-corrected chi connectivity index (χ2v) is 9.66. The second-order valence-electron chi connectivity index (χ2n) is 6.88. The van der Waals surface area contributed by atoms with E-state index in [1.165, 1.54) is 25.7 Å². The lowest BCUT2D eigenvalue weighted by atomic mass is 10.1. The number of amides is 1. The molecule has 8 heteroatoms. The van der Waals surface area contributed by atoms with Crippen LogP contribution in [0.4, 0.5) is 5.69 Å². The van der Waals surface area contributed by atoms with Crippen LogP contribution in [0.15, 0.2) is 24.3 Å². The minimum Gasteiger partial charge on any atom is -0.339 e. The zero-order chi connectivity index (χ0) is 21.0. The number of carbonyl (C=O) groups excluding carboxylic acids is 1. The Morgan fingerprint density at radius 3 is 2.32 bits per heavy atom. The number of benzene rings is 1. The molecule has 1 rings (SSSR count). The van der Waals surface area contributed by atoms with Crippen LogP contribution in [-0.2, 0) is 4.79 Å². The number of thiocarbonyl (C=S) groups is 1. The number of hydrogen-bond donors (Lipinski definition) is 3. The van der Waals surface area contributed by atoms with Gasteiger partial charge in [-0.15, -0.1) is 0 Å². The van der Waals surface area contributed by atoms with E-state index >= 15 is 0 Å². The molecule has 0 aliphatic carbocycles. The van der Waals surface area contributed by atoms with Gasteiger partial charge in [-0.25, -0.2) is 0 Å². The van der Waals surface area contributed by atoms with Gasteiger partial charge in [0.2, 0.25) is 9.70 Å². The largest absolute Gasteiger partial charge is 0.339 e. The van der Waals surface area contributed by atoms with Crippen molar-refractivity contribution in [3.8, 4) is 0 Å². The van der Waals surface area contributed by atoms with Crippen LogP contribution in [0.25, 0.3) is 0 Å². The summed E-state index contributed by atoms with van der Waals surface area (Å²) in [5.41, 5.74) is 1.91. The van der Waals surface area contributed by atoms with Crippen molar-refractivity contribution in [1.29, 1.82) is 0 Å². The summed E-state index contributed by atoms with van der Waals surface area (Å²) < 4.78 is -1.74. The standard InChI is InChI=1S/C20H30Cl3N3OS/c1-3-4-5-6-7-8-9-13-17(27)25-18(20(21,22)23)26-19(28)24-16-12-10-11-15(2)14-16/h10-12,14,18H,3-9,13H2,1-2H3,(H,25,27)(H2,24,26,28)/t18-/m1/s1. The normalized spacial score (nSPS) is 12.3. The monoisotopic (exact) mass is 465 g/mol. The Balaban J connectivity index is 2.43. The molecule has 28 heavy (non-hydrogen) atoms. The summed E-state index contributed by atoms with van der Waals surface area (Å²) in [5, 5.41) is 8.89. The molecule has 1 amide bonds. The lowest BCUT2D eigenvalue weighted by molar-refractivity contribution is -0.122. The van der Waals surface area contributed by atoms with Crippen molar-refractivity contribution in [3.63, 3.8) is 0 Å². The summed E-state index contributed by atoms with van der Waals surface area (Å²) >= 11 is 23.3. The molecular formula is C20H30Cl3N3OS. The molecule has 0 saturated heterocycles. The summed E-state index contributed by atoms with van der Waals surface area (Å²) in [5.74, 6) is -0.171. The van der Waals surface area contributed by atoms with Crippen LogP contribution in [0.5, 0.6) is 0 Å². The summed E-state index contributed by atoms with van der Waals surface area (Å²) in [6.07, 6.45) is 7.42.